The molecule has 2 N–H and O–H groups in total. The van der Waals surface area contributed by atoms with Crippen molar-refractivity contribution in [2.45, 2.75) is 25.3 Å². The zero-order valence-electron chi connectivity index (χ0n) is 8.54. The molecule has 0 saturated carbocycles. The van der Waals surface area contributed by atoms with Gasteiger partial charge in [0.1, 0.15) is 0 Å². The Labute approximate surface area is 87.3 Å². The highest BCUT2D eigenvalue weighted by molar-refractivity contribution is 7.84. The Bertz CT molecular complexity index is 215. The van der Waals surface area contributed by atoms with E-state index in [1.165, 1.54) is 0 Å². The fourth-order valence-corrected chi connectivity index (χ4v) is 2.07. The first-order valence-electron chi connectivity index (χ1n) is 5.01. The van der Waals surface area contributed by atoms with E-state index in [1.807, 2.05) is 0 Å². The summed E-state index contributed by atoms with van der Waals surface area (Å²) in [4.78, 5) is 11.4. The van der Waals surface area contributed by atoms with Gasteiger partial charge < -0.3 is 10.6 Å². The topological polar surface area (TPSA) is 58.2 Å². The van der Waals surface area contributed by atoms with Crippen molar-refractivity contribution in [1.82, 2.24) is 10.6 Å². The largest absolute Gasteiger partial charge is 0.355 e. The predicted molar refractivity (Wildman–Crippen MR) is 57.6 cm³/mol. The molecular weight excluding hydrogens is 200 g/mol. The minimum absolute atomic E-state index is 0.00197. The van der Waals surface area contributed by atoms with Crippen molar-refractivity contribution in [3.63, 3.8) is 0 Å². The van der Waals surface area contributed by atoms with Crippen LogP contribution in [-0.2, 0) is 15.6 Å². The molecule has 0 aliphatic carbocycles. The van der Waals surface area contributed by atoms with Gasteiger partial charge in [0, 0.05) is 29.4 Å². The van der Waals surface area contributed by atoms with Gasteiger partial charge in [-0.3, -0.25) is 9.00 Å². The first-order chi connectivity index (χ1) is 6.70. The number of hydrogen-bond acceptors (Lipinski definition) is 3. The van der Waals surface area contributed by atoms with Crippen LogP contribution in [0.1, 0.15) is 19.3 Å². The third-order valence-electron chi connectivity index (χ3n) is 2.28. The summed E-state index contributed by atoms with van der Waals surface area (Å²) in [5.74, 6) is 0.752. The molecule has 1 aliphatic heterocycles. The third-order valence-corrected chi connectivity index (χ3v) is 3.15. The van der Waals surface area contributed by atoms with E-state index in [0.717, 1.165) is 25.8 Å². The molecule has 0 aromatic carbocycles. The molecule has 1 fully saturated rings. The van der Waals surface area contributed by atoms with Crippen molar-refractivity contribution < 1.29 is 9.00 Å². The van der Waals surface area contributed by atoms with Gasteiger partial charge in [-0.2, -0.15) is 0 Å². The molecule has 5 heteroatoms. The van der Waals surface area contributed by atoms with Gasteiger partial charge in [-0.15, -0.1) is 0 Å². The van der Waals surface area contributed by atoms with E-state index < -0.39 is 10.8 Å². The molecule has 1 heterocycles. The Balaban J connectivity index is 2.05. The Hall–Kier alpha value is -0.420. The summed E-state index contributed by atoms with van der Waals surface area (Å²) in [7, 11) is -0.749. The van der Waals surface area contributed by atoms with Crippen molar-refractivity contribution in [3.05, 3.63) is 0 Å². The molecule has 0 radical (unpaired) electrons. The van der Waals surface area contributed by atoms with Crippen LogP contribution >= 0.6 is 0 Å². The van der Waals surface area contributed by atoms with Crippen LogP contribution < -0.4 is 10.6 Å². The molecule has 1 unspecified atom stereocenters. The van der Waals surface area contributed by atoms with Crippen LogP contribution in [0, 0.1) is 0 Å². The lowest BCUT2D eigenvalue weighted by Crippen LogP contribution is -2.40. The summed E-state index contributed by atoms with van der Waals surface area (Å²) >= 11 is 0. The van der Waals surface area contributed by atoms with E-state index in [9.17, 15) is 9.00 Å². The van der Waals surface area contributed by atoms with E-state index in [-0.39, 0.29) is 11.9 Å². The minimum Gasteiger partial charge on any atom is -0.355 e. The molecule has 4 nitrogen and oxygen atoms in total. The average Bonchev–Trinajstić information content (AvgIpc) is 2.64. The van der Waals surface area contributed by atoms with Crippen molar-refractivity contribution in [3.8, 4) is 0 Å². The van der Waals surface area contributed by atoms with E-state index >= 15 is 0 Å². The van der Waals surface area contributed by atoms with Crippen molar-refractivity contribution in [1.29, 1.82) is 0 Å². The molecule has 1 amide bonds. The Morgan fingerprint density at radius 1 is 1.64 bits per heavy atom. The highest BCUT2D eigenvalue weighted by atomic mass is 32.2. The summed E-state index contributed by atoms with van der Waals surface area (Å²) in [6.45, 7) is 1.58. The lowest BCUT2D eigenvalue weighted by molar-refractivity contribution is -0.122. The fraction of sp³-hybridized carbons (Fsp3) is 0.889. The van der Waals surface area contributed by atoms with Crippen LogP contribution in [0.4, 0.5) is 0 Å². The molecular formula is C9H18N2O2S. The van der Waals surface area contributed by atoms with Gasteiger partial charge in [-0.05, 0) is 25.8 Å². The monoisotopic (exact) mass is 218 g/mol. The maximum Gasteiger partial charge on any atom is 0.237 e. The van der Waals surface area contributed by atoms with Gasteiger partial charge >= 0.3 is 0 Å². The maximum absolute atomic E-state index is 11.4. The summed E-state index contributed by atoms with van der Waals surface area (Å²) in [6.07, 6.45) is 4.49. The number of rotatable bonds is 5. The lowest BCUT2D eigenvalue weighted by atomic mass is 10.2. The molecule has 2 atom stereocenters. The van der Waals surface area contributed by atoms with Crippen LogP contribution in [0.25, 0.3) is 0 Å². The Morgan fingerprint density at radius 2 is 2.43 bits per heavy atom. The van der Waals surface area contributed by atoms with E-state index in [0.29, 0.717) is 12.3 Å². The van der Waals surface area contributed by atoms with E-state index in [4.69, 9.17) is 0 Å². The van der Waals surface area contributed by atoms with Gasteiger partial charge in [-0.1, -0.05) is 0 Å². The summed E-state index contributed by atoms with van der Waals surface area (Å²) in [6, 6.07) is 0.00197. The van der Waals surface area contributed by atoms with Crippen LogP contribution in [0.5, 0.6) is 0 Å². The normalized spacial score (nSPS) is 23.4. The van der Waals surface area contributed by atoms with E-state index in [1.54, 1.807) is 6.26 Å². The first kappa shape index (κ1) is 11.7. The number of nitrogens with one attached hydrogen (secondary N) is 2. The number of hydrogen-bond donors (Lipinski definition) is 2. The van der Waals surface area contributed by atoms with Gasteiger partial charge in [0.05, 0.1) is 6.04 Å². The number of amides is 1. The van der Waals surface area contributed by atoms with Crippen molar-refractivity contribution >= 4 is 16.7 Å². The van der Waals surface area contributed by atoms with Crippen molar-refractivity contribution in [2.75, 3.05) is 25.1 Å². The van der Waals surface area contributed by atoms with Gasteiger partial charge in [0.15, 0.2) is 0 Å². The molecule has 0 aromatic heterocycles. The smallest absolute Gasteiger partial charge is 0.237 e. The third kappa shape index (κ3) is 4.19. The molecule has 82 valence electrons. The van der Waals surface area contributed by atoms with Crippen LogP contribution in [-0.4, -0.2) is 41.3 Å². The van der Waals surface area contributed by atoms with Gasteiger partial charge in [0.25, 0.3) is 0 Å². The Kier molecular flexibility index (Phi) is 5.11. The minimum atomic E-state index is -0.749. The highest BCUT2D eigenvalue weighted by Crippen LogP contribution is 2.04. The molecule has 0 bridgehead atoms. The van der Waals surface area contributed by atoms with E-state index in [2.05, 4.69) is 10.6 Å². The molecule has 1 saturated heterocycles. The second kappa shape index (κ2) is 6.14. The SMILES string of the molecule is CS(=O)CCCNC(=O)[C@@H]1CCCN1. The zero-order chi connectivity index (χ0) is 10.4. The first-order valence-corrected chi connectivity index (χ1v) is 6.74. The average molecular weight is 218 g/mol. The summed E-state index contributed by atoms with van der Waals surface area (Å²) in [5, 5.41) is 5.98. The molecule has 0 aromatic rings. The Morgan fingerprint density at radius 3 is 3.00 bits per heavy atom. The van der Waals surface area contributed by atoms with Crippen molar-refractivity contribution in [2.24, 2.45) is 0 Å². The van der Waals surface area contributed by atoms with Crippen LogP contribution in [0.3, 0.4) is 0 Å². The van der Waals surface area contributed by atoms with Crippen LogP contribution in [0.2, 0.25) is 0 Å². The number of carbonyl (C=O) groups is 1. The zero-order valence-corrected chi connectivity index (χ0v) is 9.36. The maximum atomic E-state index is 11.4. The standard InChI is InChI=1S/C9H18N2O2S/c1-14(13)7-3-6-11-9(12)8-4-2-5-10-8/h8,10H,2-7H2,1H3,(H,11,12)/t8-,14?/m0/s1. The second-order valence-electron chi connectivity index (χ2n) is 3.57. The quantitative estimate of drug-likeness (QED) is 0.619. The highest BCUT2D eigenvalue weighted by Gasteiger charge is 2.20. The molecule has 1 aliphatic rings. The molecule has 1 rings (SSSR count). The van der Waals surface area contributed by atoms with Gasteiger partial charge in [-0.25, -0.2) is 0 Å². The fourth-order valence-electron chi connectivity index (χ4n) is 1.52. The lowest BCUT2D eigenvalue weighted by Gasteiger charge is -2.10. The molecule has 14 heavy (non-hydrogen) atoms. The molecule has 0 spiro atoms. The summed E-state index contributed by atoms with van der Waals surface area (Å²) < 4.78 is 10.7. The summed E-state index contributed by atoms with van der Waals surface area (Å²) in [5.41, 5.74) is 0. The van der Waals surface area contributed by atoms with Gasteiger partial charge in [0.2, 0.25) is 5.91 Å². The van der Waals surface area contributed by atoms with Crippen LogP contribution in [0.15, 0.2) is 0 Å². The predicted octanol–water partition coefficient (Wildman–Crippen LogP) is -0.377. The second-order valence-corrected chi connectivity index (χ2v) is 5.13. The number of carbonyl (C=O) groups excluding carboxylic acids is 1.